The number of nitrogens with zero attached hydrogens (tertiary/aromatic N) is 2. The molecule has 0 saturated carbocycles. The average Bonchev–Trinajstić information content (AvgIpc) is 2.64. The molecule has 0 atom stereocenters. The van der Waals surface area contributed by atoms with Gasteiger partial charge in [0.25, 0.3) is 5.56 Å². The van der Waals surface area contributed by atoms with Gasteiger partial charge in [0.05, 0.1) is 19.2 Å². The van der Waals surface area contributed by atoms with E-state index >= 15 is 0 Å². The number of aromatic nitrogens is 2. The lowest BCUT2D eigenvalue weighted by Crippen LogP contribution is -2.23. The van der Waals surface area contributed by atoms with Gasteiger partial charge >= 0.3 is 6.18 Å². The second kappa shape index (κ2) is 7.44. The van der Waals surface area contributed by atoms with Gasteiger partial charge in [-0.25, -0.2) is 4.98 Å². The minimum absolute atomic E-state index is 0.00974. The molecule has 0 aliphatic heterocycles. The number of hydrogen-bond donors (Lipinski definition) is 0. The van der Waals surface area contributed by atoms with E-state index < -0.39 is 17.3 Å². The Bertz CT molecular complexity index is 1010. The molecule has 1 heterocycles. The van der Waals surface area contributed by atoms with Gasteiger partial charge in [0.15, 0.2) is 0 Å². The average molecular weight is 395 g/mol. The molecule has 0 aliphatic rings. The highest BCUT2D eigenvalue weighted by Crippen LogP contribution is 2.31. The zero-order valence-corrected chi connectivity index (χ0v) is 14.9. The lowest BCUT2D eigenvalue weighted by molar-refractivity contribution is -0.137. The van der Waals surface area contributed by atoms with Gasteiger partial charge in [-0.2, -0.15) is 13.2 Å². The molecule has 140 valence electrons. The molecule has 27 heavy (non-hydrogen) atoms. The summed E-state index contributed by atoms with van der Waals surface area (Å²) in [4.78, 5) is 16.7. The van der Waals surface area contributed by atoms with Gasteiger partial charge in [-0.15, -0.1) is 0 Å². The van der Waals surface area contributed by atoms with Gasteiger partial charge in [0.1, 0.15) is 16.6 Å². The summed E-state index contributed by atoms with van der Waals surface area (Å²) in [5.41, 5.74) is -0.671. The highest BCUT2D eigenvalue weighted by atomic mass is 35.5. The quantitative estimate of drug-likeness (QED) is 0.647. The Labute approximate surface area is 157 Å². The first-order valence-corrected chi connectivity index (χ1v) is 8.23. The number of ether oxygens (including phenoxy) is 1. The Morgan fingerprint density at radius 2 is 1.85 bits per heavy atom. The van der Waals surface area contributed by atoms with Crippen molar-refractivity contribution < 1.29 is 17.9 Å². The van der Waals surface area contributed by atoms with Crippen molar-refractivity contribution in [1.82, 2.24) is 9.55 Å². The van der Waals surface area contributed by atoms with Crippen LogP contribution in [0.25, 0.3) is 11.3 Å². The minimum Gasteiger partial charge on any atom is -0.497 e. The predicted molar refractivity (Wildman–Crippen MR) is 96.0 cm³/mol. The molecule has 0 spiro atoms. The van der Waals surface area contributed by atoms with E-state index in [1.54, 1.807) is 31.4 Å². The summed E-state index contributed by atoms with van der Waals surface area (Å²) in [5, 5.41) is 0.00974. The van der Waals surface area contributed by atoms with E-state index in [0.717, 1.165) is 17.7 Å². The molecule has 1 aromatic heterocycles. The van der Waals surface area contributed by atoms with Crippen molar-refractivity contribution in [2.75, 3.05) is 7.11 Å². The van der Waals surface area contributed by atoms with Crippen molar-refractivity contribution in [3.05, 3.63) is 81.4 Å². The number of hydrogen-bond acceptors (Lipinski definition) is 3. The molecular weight excluding hydrogens is 381 g/mol. The fraction of sp³-hybridized carbons (Fsp3) is 0.158. The van der Waals surface area contributed by atoms with Crippen LogP contribution in [0.3, 0.4) is 0 Å². The van der Waals surface area contributed by atoms with Crippen molar-refractivity contribution in [2.24, 2.45) is 0 Å². The second-order valence-corrected chi connectivity index (χ2v) is 6.16. The lowest BCUT2D eigenvalue weighted by Gasteiger charge is -2.11. The topological polar surface area (TPSA) is 44.1 Å². The van der Waals surface area contributed by atoms with Crippen molar-refractivity contribution >= 4 is 11.6 Å². The third-order valence-corrected chi connectivity index (χ3v) is 4.10. The van der Waals surface area contributed by atoms with Crippen LogP contribution >= 0.6 is 11.6 Å². The second-order valence-electron chi connectivity index (χ2n) is 5.77. The van der Waals surface area contributed by atoms with Crippen LogP contribution in [0.1, 0.15) is 11.1 Å². The third kappa shape index (κ3) is 4.31. The molecule has 3 aromatic rings. The number of halogens is 4. The Hall–Kier alpha value is -2.80. The van der Waals surface area contributed by atoms with E-state index in [4.69, 9.17) is 16.3 Å². The molecule has 0 aliphatic carbocycles. The van der Waals surface area contributed by atoms with E-state index in [9.17, 15) is 18.0 Å². The van der Waals surface area contributed by atoms with Gasteiger partial charge in [0.2, 0.25) is 0 Å². The van der Waals surface area contributed by atoms with Crippen LogP contribution in [-0.2, 0) is 12.7 Å². The van der Waals surface area contributed by atoms with Crippen LogP contribution in [0.15, 0.2) is 59.5 Å². The Morgan fingerprint density at radius 1 is 1.15 bits per heavy atom. The molecule has 0 N–H and O–H groups in total. The molecule has 0 unspecified atom stereocenters. The monoisotopic (exact) mass is 394 g/mol. The summed E-state index contributed by atoms with van der Waals surface area (Å²) in [5.74, 6) is 0.670. The first-order chi connectivity index (χ1) is 12.8. The molecular formula is C19H14ClF3N2O2. The lowest BCUT2D eigenvalue weighted by atomic mass is 10.1. The van der Waals surface area contributed by atoms with E-state index in [1.807, 2.05) is 0 Å². The van der Waals surface area contributed by atoms with Crippen LogP contribution in [0, 0.1) is 0 Å². The molecule has 8 heteroatoms. The summed E-state index contributed by atoms with van der Waals surface area (Å²) < 4.78 is 45.3. The zero-order chi connectivity index (χ0) is 19.6. The van der Waals surface area contributed by atoms with Crippen LogP contribution in [0.5, 0.6) is 5.75 Å². The fourth-order valence-electron chi connectivity index (χ4n) is 2.58. The summed E-state index contributed by atoms with van der Waals surface area (Å²) in [6.07, 6.45) is -3.16. The smallest absolute Gasteiger partial charge is 0.416 e. The van der Waals surface area contributed by atoms with Crippen LogP contribution in [0.2, 0.25) is 5.15 Å². The summed E-state index contributed by atoms with van der Waals surface area (Å²) in [6, 6.07) is 11.5. The predicted octanol–water partition coefficient (Wildman–Crippen LogP) is 4.64. The molecule has 0 bridgehead atoms. The third-order valence-electron chi connectivity index (χ3n) is 3.92. The van der Waals surface area contributed by atoms with Gasteiger partial charge < -0.3 is 9.30 Å². The van der Waals surface area contributed by atoms with Crippen LogP contribution in [-0.4, -0.2) is 16.7 Å². The standard InChI is InChI=1S/C19H14ClF3N2O2/c1-27-15-7-5-12(6-8-15)10-25-11-16(20)24-17(18(25)26)13-3-2-4-14(9-13)19(21,22)23/h2-9,11H,10H2,1H3. The summed E-state index contributed by atoms with van der Waals surface area (Å²) in [7, 11) is 1.55. The number of methoxy groups -OCH3 is 1. The Balaban J connectivity index is 2.02. The molecule has 0 fully saturated rings. The van der Waals surface area contributed by atoms with Crippen molar-refractivity contribution in [3.8, 4) is 17.0 Å². The Morgan fingerprint density at radius 3 is 2.48 bits per heavy atom. The highest BCUT2D eigenvalue weighted by molar-refractivity contribution is 6.29. The summed E-state index contributed by atoms with van der Waals surface area (Å²) in [6.45, 7) is 0.191. The van der Waals surface area contributed by atoms with Crippen molar-refractivity contribution in [2.45, 2.75) is 12.7 Å². The van der Waals surface area contributed by atoms with Crippen LogP contribution < -0.4 is 10.3 Å². The molecule has 0 saturated heterocycles. The van der Waals surface area contributed by atoms with E-state index in [0.29, 0.717) is 5.75 Å². The number of benzene rings is 2. The Kier molecular flexibility index (Phi) is 5.23. The first kappa shape index (κ1) is 19.0. The van der Waals surface area contributed by atoms with E-state index in [-0.39, 0.29) is 23.0 Å². The normalized spacial score (nSPS) is 11.4. The molecule has 2 aromatic carbocycles. The van der Waals surface area contributed by atoms with Gasteiger partial charge in [-0.1, -0.05) is 35.9 Å². The van der Waals surface area contributed by atoms with Gasteiger partial charge in [-0.3, -0.25) is 4.79 Å². The maximum absolute atomic E-state index is 13.0. The summed E-state index contributed by atoms with van der Waals surface area (Å²) >= 11 is 6.00. The van der Waals surface area contributed by atoms with Crippen molar-refractivity contribution in [1.29, 1.82) is 0 Å². The maximum Gasteiger partial charge on any atom is 0.416 e. The first-order valence-electron chi connectivity index (χ1n) is 7.85. The SMILES string of the molecule is COc1ccc(Cn2cc(Cl)nc(-c3cccc(C(F)(F)F)c3)c2=O)cc1. The number of alkyl halides is 3. The van der Waals surface area contributed by atoms with E-state index in [2.05, 4.69) is 4.98 Å². The largest absolute Gasteiger partial charge is 0.497 e. The minimum atomic E-state index is -4.52. The van der Waals surface area contributed by atoms with Gasteiger partial charge in [-0.05, 0) is 29.8 Å². The molecule has 4 nitrogen and oxygen atoms in total. The fourth-order valence-corrected chi connectivity index (χ4v) is 2.78. The molecule has 3 rings (SSSR count). The number of rotatable bonds is 4. The maximum atomic E-state index is 13.0. The molecule has 0 amide bonds. The highest BCUT2D eigenvalue weighted by Gasteiger charge is 2.30. The zero-order valence-electron chi connectivity index (χ0n) is 14.1. The molecule has 0 radical (unpaired) electrons. The van der Waals surface area contributed by atoms with Crippen LogP contribution in [0.4, 0.5) is 13.2 Å². The van der Waals surface area contributed by atoms with Gasteiger partial charge in [0, 0.05) is 11.8 Å². The van der Waals surface area contributed by atoms with Crippen molar-refractivity contribution in [3.63, 3.8) is 0 Å². The van der Waals surface area contributed by atoms with E-state index in [1.165, 1.54) is 22.9 Å².